The first-order valence-corrected chi connectivity index (χ1v) is 8.88. The minimum atomic E-state index is -0.500. The molecule has 2 aliphatic heterocycles. The topological polar surface area (TPSA) is 84.7 Å². The maximum absolute atomic E-state index is 12.8. The molecular formula is C19H21N3O4. The summed E-state index contributed by atoms with van der Waals surface area (Å²) in [6, 6.07) is 7.04. The van der Waals surface area contributed by atoms with Gasteiger partial charge in [0.05, 0.1) is 24.0 Å². The molecule has 0 aromatic carbocycles. The van der Waals surface area contributed by atoms with Gasteiger partial charge in [0.1, 0.15) is 0 Å². The molecule has 0 saturated carbocycles. The summed E-state index contributed by atoms with van der Waals surface area (Å²) in [5.74, 6) is -0.574. The number of rotatable bonds is 4. The number of nitrogens with one attached hydrogen (secondary N) is 1. The minimum Gasteiger partial charge on any atom is -0.459 e. The average molecular weight is 355 g/mol. The van der Waals surface area contributed by atoms with Gasteiger partial charge in [0.25, 0.3) is 5.91 Å². The lowest BCUT2D eigenvalue weighted by Crippen LogP contribution is -2.45. The fourth-order valence-electron chi connectivity index (χ4n) is 3.54. The van der Waals surface area contributed by atoms with Crippen LogP contribution < -0.4 is 5.32 Å². The highest BCUT2D eigenvalue weighted by Crippen LogP contribution is 2.28. The Morgan fingerprint density at radius 3 is 3.00 bits per heavy atom. The van der Waals surface area contributed by atoms with E-state index in [0.29, 0.717) is 13.1 Å². The zero-order chi connectivity index (χ0) is 17.9. The summed E-state index contributed by atoms with van der Waals surface area (Å²) in [5.41, 5.74) is 1.62. The number of nitrogens with zero attached hydrogens (tertiary/aromatic N) is 2. The Balaban J connectivity index is 1.52. The zero-order valence-corrected chi connectivity index (χ0v) is 14.4. The monoisotopic (exact) mass is 355 g/mol. The SMILES string of the molecule is O=C(NCC1CCCO1)C1CN(C(=O)c2ccco2)Cc2cccnc21. The molecule has 136 valence electrons. The van der Waals surface area contributed by atoms with Crippen molar-refractivity contribution in [1.29, 1.82) is 0 Å². The number of aromatic nitrogens is 1. The lowest BCUT2D eigenvalue weighted by molar-refractivity contribution is -0.123. The molecule has 2 unspecified atom stereocenters. The lowest BCUT2D eigenvalue weighted by Gasteiger charge is -2.32. The predicted octanol–water partition coefficient (Wildman–Crippen LogP) is 1.71. The van der Waals surface area contributed by atoms with Gasteiger partial charge in [0.2, 0.25) is 5.91 Å². The Bertz CT molecular complexity index is 784. The maximum atomic E-state index is 12.8. The van der Waals surface area contributed by atoms with Gasteiger partial charge < -0.3 is 19.4 Å². The molecule has 2 aromatic rings. The van der Waals surface area contributed by atoms with Crippen molar-refractivity contribution >= 4 is 11.8 Å². The van der Waals surface area contributed by atoms with Crippen LogP contribution >= 0.6 is 0 Å². The summed E-state index contributed by atoms with van der Waals surface area (Å²) in [5, 5.41) is 2.96. The number of ether oxygens (including phenoxy) is 1. The summed E-state index contributed by atoms with van der Waals surface area (Å²) >= 11 is 0. The summed E-state index contributed by atoms with van der Waals surface area (Å²) < 4.78 is 10.8. The van der Waals surface area contributed by atoms with Crippen LogP contribution in [0.3, 0.4) is 0 Å². The highest BCUT2D eigenvalue weighted by molar-refractivity contribution is 5.93. The Labute approximate surface area is 151 Å². The summed E-state index contributed by atoms with van der Waals surface area (Å²) in [6.45, 7) is 1.93. The standard InChI is InChI=1S/C19H21N3O4/c23-18(21-10-14-5-2-8-25-14)15-12-22(19(24)16-6-3-9-26-16)11-13-4-1-7-20-17(13)15/h1,3-4,6-7,9,14-15H,2,5,8,10-12H2,(H,21,23). The van der Waals surface area contributed by atoms with Crippen molar-refractivity contribution in [2.75, 3.05) is 19.7 Å². The van der Waals surface area contributed by atoms with Crippen LogP contribution in [0.4, 0.5) is 0 Å². The van der Waals surface area contributed by atoms with Crippen LogP contribution in [0, 0.1) is 0 Å². The first kappa shape index (κ1) is 16.8. The third kappa shape index (κ3) is 3.35. The van der Waals surface area contributed by atoms with Crippen LogP contribution in [0.2, 0.25) is 0 Å². The first-order chi connectivity index (χ1) is 12.7. The summed E-state index contributed by atoms with van der Waals surface area (Å²) in [7, 11) is 0. The van der Waals surface area contributed by atoms with Gasteiger partial charge in [-0.3, -0.25) is 14.6 Å². The van der Waals surface area contributed by atoms with E-state index < -0.39 is 5.92 Å². The van der Waals surface area contributed by atoms with E-state index in [-0.39, 0.29) is 30.2 Å². The number of furan rings is 1. The van der Waals surface area contributed by atoms with Crippen molar-refractivity contribution in [3.63, 3.8) is 0 Å². The number of hydrogen-bond acceptors (Lipinski definition) is 5. The van der Waals surface area contributed by atoms with Crippen molar-refractivity contribution < 1.29 is 18.7 Å². The maximum Gasteiger partial charge on any atom is 0.289 e. The molecule has 2 aromatic heterocycles. The van der Waals surface area contributed by atoms with E-state index in [1.807, 2.05) is 12.1 Å². The van der Waals surface area contributed by atoms with Crippen molar-refractivity contribution in [2.45, 2.75) is 31.4 Å². The fourth-order valence-corrected chi connectivity index (χ4v) is 3.54. The van der Waals surface area contributed by atoms with Crippen LogP contribution in [-0.2, 0) is 16.1 Å². The molecule has 0 bridgehead atoms. The molecule has 7 heteroatoms. The van der Waals surface area contributed by atoms with Gasteiger partial charge in [-0.2, -0.15) is 0 Å². The summed E-state index contributed by atoms with van der Waals surface area (Å²) in [4.78, 5) is 31.5. The molecule has 1 fully saturated rings. The Morgan fingerprint density at radius 1 is 1.31 bits per heavy atom. The van der Waals surface area contributed by atoms with Crippen molar-refractivity contribution in [1.82, 2.24) is 15.2 Å². The van der Waals surface area contributed by atoms with Gasteiger partial charge in [-0.15, -0.1) is 0 Å². The zero-order valence-electron chi connectivity index (χ0n) is 14.4. The third-order valence-corrected chi connectivity index (χ3v) is 4.88. The van der Waals surface area contributed by atoms with Gasteiger partial charge in [0, 0.05) is 32.4 Å². The van der Waals surface area contributed by atoms with Gasteiger partial charge >= 0.3 is 0 Å². The average Bonchev–Trinajstić information content (AvgIpc) is 3.38. The van der Waals surface area contributed by atoms with Crippen LogP contribution in [0.1, 0.15) is 40.6 Å². The van der Waals surface area contributed by atoms with Crippen molar-refractivity contribution in [3.8, 4) is 0 Å². The van der Waals surface area contributed by atoms with Crippen LogP contribution in [0.15, 0.2) is 41.1 Å². The van der Waals surface area contributed by atoms with Gasteiger partial charge in [-0.1, -0.05) is 6.07 Å². The second-order valence-electron chi connectivity index (χ2n) is 6.64. The molecule has 2 amide bonds. The molecule has 26 heavy (non-hydrogen) atoms. The molecule has 0 spiro atoms. The number of fused-ring (bicyclic) bond motifs is 1. The molecule has 2 aliphatic rings. The number of amides is 2. The molecule has 7 nitrogen and oxygen atoms in total. The van der Waals surface area contributed by atoms with Crippen molar-refractivity contribution in [3.05, 3.63) is 53.7 Å². The quantitative estimate of drug-likeness (QED) is 0.902. The molecule has 2 atom stereocenters. The molecule has 1 N–H and O–H groups in total. The van der Waals surface area contributed by atoms with Gasteiger partial charge in [0.15, 0.2) is 5.76 Å². The number of pyridine rings is 1. The third-order valence-electron chi connectivity index (χ3n) is 4.88. The van der Waals surface area contributed by atoms with Crippen LogP contribution in [-0.4, -0.2) is 47.5 Å². The first-order valence-electron chi connectivity index (χ1n) is 8.88. The molecule has 4 heterocycles. The van der Waals surface area contributed by atoms with Crippen LogP contribution in [0.5, 0.6) is 0 Å². The molecule has 0 radical (unpaired) electrons. The second-order valence-corrected chi connectivity index (χ2v) is 6.64. The van der Waals surface area contributed by atoms with E-state index in [4.69, 9.17) is 9.15 Å². The highest BCUT2D eigenvalue weighted by Gasteiger charge is 2.35. The summed E-state index contributed by atoms with van der Waals surface area (Å²) in [6.07, 6.45) is 5.22. The Morgan fingerprint density at radius 2 is 2.23 bits per heavy atom. The van der Waals surface area contributed by atoms with E-state index in [1.54, 1.807) is 23.2 Å². The number of hydrogen-bond donors (Lipinski definition) is 1. The number of carbonyl (C=O) groups excluding carboxylic acids is 2. The normalized spacial score (nSPS) is 22.1. The molecule has 4 rings (SSSR count). The molecule has 1 saturated heterocycles. The van der Waals surface area contributed by atoms with E-state index in [0.717, 1.165) is 30.7 Å². The largest absolute Gasteiger partial charge is 0.459 e. The fraction of sp³-hybridized carbons (Fsp3) is 0.421. The van der Waals surface area contributed by atoms with Crippen molar-refractivity contribution in [2.24, 2.45) is 0 Å². The Kier molecular flexibility index (Phi) is 4.71. The second kappa shape index (κ2) is 7.29. The minimum absolute atomic E-state index is 0.0756. The number of carbonyl (C=O) groups is 2. The van der Waals surface area contributed by atoms with E-state index >= 15 is 0 Å². The highest BCUT2D eigenvalue weighted by atomic mass is 16.5. The lowest BCUT2D eigenvalue weighted by atomic mass is 9.93. The van der Waals surface area contributed by atoms with E-state index in [9.17, 15) is 9.59 Å². The Hall–Kier alpha value is -2.67. The van der Waals surface area contributed by atoms with E-state index in [1.165, 1.54) is 6.26 Å². The van der Waals surface area contributed by atoms with Gasteiger partial charge in [-0.05, 0) is 36.6 Å². The van der Waals surface area contributed by atoms with Crippen LogP contribution in [0.25, 0.3) is 0 Å². The molecule has 0 aliphatic carbocycles. The van der Waals surface area contributed by atoms with Gasteiger partial charge in [-0.25, -0.2) is 0 Å². The van der Waals surface area contributed by atoms with E-state index in [2.05, 4.69) is 10.3 Å². The smallest absolute Gasteiger partial charge is 0.289 e. The predicted molar refractivity (Wildman–Crippen MR) is 92.4 cm³/mol. The molecular weight excluding hydrogens is 334 g/mol.